The number of aliphatic carboxylic acids is 1. The van der Waals surface area contributed by atoms with E-state index in [4.69, 9.17) is 10.8 Å². The van der Waals surface area contributed by atoms with Gasteiger partial charge in [0.25, 0.3) is 0 Å². The lowest BCUT2D eigenvalue weighted by Gasteiger charge is -1.94. The number of hydrogen-bond donors (Lipinski definition) is 2. The van der Waals surface area contributed by atoms with E-state index in [1.807, 2.05) is 13.8 Å². The van der Waals surface area contributed by atoms with Crippen LogP contribution in [-0.2, 0) is 4.79 Å². The summed E-state index contributed by atoms with van der Waals surface area (Å²) in [6.07, 6.45) is 0. The van der Waals surface area contributed by atoms with Gasteiger partial charge in [0.2, 0.25) is 0 Å². The molecule has 1 aliphatic rings. The molecule has 52 valence electrons. The first-order chi connectivity index (χ1) is 3.98. The maximum Gasteiger partial charge on any atom is 0.308 e. The molecule has 3 nitrogen and oxygen atoms in total. The second kappa shape index (κ2) is 1.48. The van der Waals surface area contributed by atoms with Crippen LogP contribution in [0.3, 0.4) is 0 Å². The molecule has 1 aliphatic carbocycles. The Morgan fingerprint density at radius 2 is 2.00 bits per heavy atom. The second-order valence-electron chi connectivity index (χ2n) is 3.16. The molecule has 0 aliphatic heterocycles. The summed E-state index contributed by atoms with van der Waals surface area (Å²) in [4.78, 5) is 10.3. The average Bonchev–Trinajstić information content (AvgIpc) is 2.07. The Labute approximate surface area is 53.9 Å². The van der Waals surface area contributed by atoms with Crippen LogP contribution in [0.4, 0.5) is 0 Å². The van der Waals surface area contributed by atoms with Crippen molar-refractivity contribution in [1.82, 2.24) is 0 Å². The molecule has 2 unspecified atom stereocenters. The SMILES string of the molecule is CC1(C)C(N)C1C(=O)O. The van der Waals surface area contributed by atoms with Gasteiger partial charge in [-0.3, -0.25) is 4.79 Å². The van der Waals surface area contributed by atoms with Gasteiger partial charge in [-0.1, -0.05) is 13.8 Å². The maximum atomic E-state index is 10.3. The third-order valence-corrected chi connectivity index (χ3v) is 2.18. The molecule has 0 radical (unpaired) electrons. The summed E-state index contributed by atoms with van der Waals surface area (Å²) in [6, 6.07) is -0.144. The van der Waals surface area contributed by atoms with E-state index in [1.54, 1.807) is 0 Å². The smallest absolute Gasteiger partial charge is 0.308 e. The lowest BCUT2D eigenvalue weighted by molar-refractivity contribution is -0.139. The second-order valence-corrected chi connectivity index (χ2v) is 3.16. The van der Waals surface area contributed by atoms with Gasteiger partial charge in [-0.25, -0.2) is 0 Å². The quantitative estimate of drug-likeness (QED) is 0.526. The van der Waals surface area contributed by atoms with E-state index in [-0.39, 0.29) is 17.4 Å². The lowest BCUT2D eigenvalue weighted by Crippen LogP contribution is -2.09. The van der Waals surface area contributed by atoms with E-state index in [0.29, 0.717) is 0 Å². The minimum absolute atomic E-state index is 0.144. The molecule has 0 heterocycles. The van der Waals surface area contributed by atoms with Crippen molar-refractivity contribution in [1.29, 1.82) is 0 Å². The van der Waals surface area contributed by atoms with Gasteiger partial charge in [0.1, 0.15) is 0 Å². The molecule has 0 aromatic heterocycles. The molecule has 3 heteroatoms. The Morgan fingerprint density at radius 3 is 2.00 bits per heavy atom. The highest BCUT2D eigenvalue weighted by molar-refractivity contribution is 5.76. The molecule has 0 spiro atoms. The van der Waals surface area contributed by atoms with Crippen LogP contribution >= 0.6 is 0 Å². The number of carboxylic acids is 1. The van der Waals surface area contributed by atoms with Gasteiger partial charge >= 0.3 is 5.97 Å². The van der Waals surface area contributed by atoms with Gasteiger partial charge in [0.15, 0.2) is 0 Å². The van der Waals surface area contributed by atoms with Crippen LogP contribution in [0.25, 0.3) is 0 Å². The number of carbonyl (C=O) groups is 1. The van der Waals surface area contributed by atoms with Crippen LogP contribution in [0.2, 0.25) is 0 Å². The monoisotopic (exact) mass is 129 g/mol. The summed E-state index contributed by atoms with van der Waals surface area (Å²) in [7, 11) is 0. The largest absolute Gasteiger partial charge is 0.481 e. The molecule has 0 saturated heterocycles. The van der Waals surface area contributed by atoms with E-state index in [1.165, 1.54) is 0 Å². The van der Waals surface area contributed by atoms with Gasteiger partial charge in [0.05, 0.1) is 5.92 Å². The van der Waals surface area contributed by atoms with Gasteiger partial charge in [-0.05, 0) is 5.41 Å². The number of nitrogens with two attached hydrogens (primary N) is 1. The minimum atomic E-state index is -0.771. The summed E-state index contributed by atoms with van der Waals surface area (Å²) in [5, 5.41) is 8.48. The molecular weight excluding hydrogens is 118 g/mol. The molecule has 0 aromatic rings. The Hall–Kier alpha value is -0.570. The normalized spacial score (nSPS) is 38.1. The maximum absolute atomic E-state index is 10.3. The zero-order valence-corrected chi connectivity index (χ0v) is 5.59. The Balaban J connectivity index is 2.62. The number of carboxylic acid groups (broad SMARTS) is 1. The first-order valence-corrected chi connectivity index (χ1v) is 2.96. The van der Waals surface area contributed by atoms with E-state index in [2.05, 4.69) is 0 Å². The first-order valence-electron chi connectivity index (χ1n) is 2.96. The van der Waals surface area contributed by atoms with E-state index < -0.39 is 5.97 Å². The fourth-order valence-electron chi connectivity index (χ4n) is 1.15. The highest BCUT2D eigenvalue weighted by Crippen LogP contribution is 2.50. The fraction of sp³-hybridized carbons (Fsp3) is 0.833. The summed E-state index contributed by atoms with van der Waals surface area (Å²) in [5.74, 6) is -1.09. The molecule has 1 saturated carbocycles. The Morgan fingerprint density at radius 1 is 1.67 bits per heavy atom. The fourth-order valence-corrected chi connectivity index (χ4v) is 1.15. The number of hydrogen-bond acceptors (Lipinski definition) is 2. The van der Waals surface area contributed by atoms with Crippen molar-refractivity contribution in [3.05, 3.63) is 0 Å². The van der Waals surface area contributed by atoms with Crippen molar-refractivity contribution in [2.75, 3.05) is 0 Å². The summed E-state index contributed by atoms with van der Waals surface area (Å²) in [6.45, 7) is 3.74. The summed E-state index contributed by atoms with van der Waals surface area (Å²) in [5.41, 5.74) is 5.29. The summed E-state index contributed by atoms with van der Waals surface area (Å²) < 4.78 is 0. The molecule has 0 bridgehead atoms. The highest BCUT2D eigenvalue weighted by Gasteiger charge is 2.60. The standard InChI is InChI=1S/C6H11NO2/c1-6(2)3(4(6)7)5(8)9/h3-4H,7H2,1-2H3,(H,8,9). The van der Waals surface area contributed by atoms with Crippen molar-refractivity contribution in [3.8, 4) is 0 Å². The van der Waals surface area contributed by atoms with Crippen molar-refractivity contribution in [2.45, 2.75) is 19.9 Å². The Kier molecular flexibility index (Phi) is 1.07. The molecule has 0 amide bonds. The first kappa shape index (κ1) is 6.55. The van der Waals surface area contributed by atoms with Gasteiger partial charge in [-0.2, -0.15) is 0 Å². The van der Waals surface area contributed by atoms with Crippen LogP contribution in [0, 0.1) is 11.3 Å². The van der Waals surface area contributed by atoms with Crippen LogP contribution in [0.15, 0.2) is 0 Å². The average molecular weight is 129 g/mol. The predicted molar refractivity (Wildman–Crippen MR) is 32.9 cm³/mol. The zero-order chi connectivity index (χ0) is 7.23. The zero-order valence-electron chi connectivity index (χ0n) is 5.59. The van der Waals surface area contributed by atoms with Crippen LogP contribution in [0.5, 0.6) is 0 Å². The molecule has 3 N–H and O–H groups in total. The highest BCUT2D eigenvalue weighted by atomic mass is 16.4. The lowest BCUT2D eigenvalue weighted by atomic mass is 10.1. The Bertz CT molecular complexity index is 153. The van der Waals surface area contributed by atoms with Crippen LogP contribution in [0.1, 0.15) is 13.8 Å². The van der Waals surface area contributed by atoms with E-state index in [0.717, 1.165) is 0 Å². The van der Waals surface area contributed by atoms with Crippen molar-refractivity contribution in [3.63, 3.8) is 0 Å². The van der Waals surface area contributed by atoms with Gasteiger partial charge < -0.3 is 10.8 Å². The van der Waals surface area contributed by atoms with E-state index >= 15 is 0 Å². The number of rotatable bonds is 1. The van der Waals surface area contributed by atoms with Crippen molar-refractivity contribution in [2.24, 2.45) is 17.1 Å². The third kappa shape index (κ3) is 0.721. The molecule has 0 aromatic carbocycles. The molecule has 2 atom stereocenters. The minimum Gasteiger partial charge on any atom is -0.481 e. The van der Waals surface area contributed by atoms with Gasteiger partial charge in [-0.15, -0.1) is 0 Å². The topological polar surface area (TPSA) is 63.3 Å². The van der Waals surface area contributed by atoms with E-state index in [9.17, 15) is 4.79 Å². The van der Waals surface area contributed by atoms with Crippen molar-refractivity contribution < 1.29 is 9.90 Å². The van der Waals surface area contributed by atoms with Gasteiger partial charge in [0, 0.05) is 6.04 Å². The third-order valence-electron chi connectivity index (χ3n) is 2.18. The molecule has 1 rings (SSSR count). The summed E-state index contributed by atoms with van der Waals surface area (Å²) >= 11 is 0. The van der Waals surface area contributed by atoms with Crippen molar-refractivity contribution >= 4 is 5.97 Å². The molecule has 1 fully saturated rings. The predicted octanol–water partition coefficient (Wildman–Crippen LogP) is 0.0543. The van der Waals surface area contributed by atoms with Crippen LogP contribution < -0.4 is 5.73 Å². The van der Waals surface area contributed by atoms with Crippen LogP contribution in [-0.4, -0.2) is 17.1 Å². The molecule has 9 heavy (non-hydrogen) atoms. The molecular formula is C6H11NO2.